The predicted molar refractivity (Wildman–Crippen MR) is 519 cm³/mol. The van der Waals surface area contributed by atoms with E-state index in [2.05, 4.69) is 83.1 Å². The van der Waals surface area contributed by atoms with E-state index in [1.807, 2.05) is 130 Å². The minimum atomic E-state index is -4.64. The molecule has 1 atom stereocenters. The van der Waals surface area contributed by atoms with Crippen molar-refractivity contribution in [1.29, 1.82) is 0 Å². The van der Waals surface area contributed by atoms with Crippen molar-refractivity contribution in [1.82, 2.24) is 0 Å². The first-order chi connectivity index (χ1) is 60.0. The zero-order valence-electron chi connectivity index (χ0n) is 90.0. The fourth-order valence-corrected chi connectivity index (χ4v) is 17.5. The van der Waals surface area contributed by atoms with Gasteiger partial charge in [-0.3, -0.25) is 42.5 Å². The smallest absolute Gasteiger partial charge is 0.417 e. The average Bonchev–Trinajstić information content (AvgIpc) is 1.51. The Balaban J connectivity index is 0.000000775. The van der Waals surface area contributed by atoms with Crippen molar-refractivity contribution in [3.05, 3.63) is 29.8 Å². The maximum atomic E-state index is 12.8. The van der Waals surface area contributed by atoms with Gasteiger partial charge in [-0.25, -0.2) is 0 Å². The topological polar surface area (TPSA) is 283 Å². The summed E-state index contributed by atoms with van der Waals surface area (Å²) < 4.78 is 120. The van der Waals surface area contributed by atoms with E-state index in [4.69, 9.17) is 46.8 Å². The molecule has 6 fully saturated rings. The molecule has 7 rings (SSSR count). The van der Waals surface area contributed by atoms with E-state index in [1.165, 1.54) is 6.92 Å². The number of Topliss-reactive ketones (excluding diaryl/α,β-unsaturated/α-hetero) is 2. The lowest BCUT2D eigenvalue weighted by Gasteiger charge is -2.45. The van der Waals surface area contributed by atoms with Gasteiger partial charge in [0.2, 0.25) is 0 Å². The van der Waals surface area contributed by atoms with Crippen LogP contribution in [0.4, 0.5) is 13.2 Å². The second kappa shape index (κ2) is 50.2. The molecule has 1 aromatic carbocycles. The summed E-state index contributed by atoms with van der Waals surface area (Å²) in [5, 5.41) is 9.71. The summed E-state index contributed by atoms with van der Waals surface area (Å²) in [5.41, 5.74) is -7.47. The highest BCUT2D eigenvalue weighted by Gasteiger charge is 2.59. The second-order valence-corrected chi connectivity index (χ2v) is 48.5. The summed E-state index contributed by atoms with van der Waals surface area (Å²) in [6, 6.07) is 7.19. The molecular weight excluding hydrogens is 1710 g/mol. The molecule has 0 spiro atoms. The normalized spacial score (nSPS) is 21.5. The summed E-state index contributed by atoms with van der Waals surface area (Å²) >= 11 is 0. The number of methoxy groups -OCH3 is 2. The Bertz CT molecular complexity index is 3790. The Labute approximate surface area is 799 Å². The minimum Gasteiger partial charge on any atom is -0.459 e. The summed E-state index contributed by atoms with van der Waals surface area (Å²) in [6.07, 6.45) is 17.5. The Morgan fingerprint density at radius 2 is 0.750 bits per heavy atom. The monoisotopic (exact) mass is 1900 g/mol. The second-order valence-electron chi connectivity index (χ2n) is 46.9. The Hall–Kier alpha value is -5.08. The average molecular weight is 1900 g/mol. The largest absolute Gasteiger partial charge is 0.459 e. The lowest BCUT2D eigenvalue weighted by molar-refractivity contribution is -0.280. The van der Waals surface area contributed by atoms with Gasteiger partial charge < -0.3 is 47.7 Å². The molecule has 1 unspecified atom stereocenters. The lowest BCUT2D eigenvalue weighted by atomic mass is 9.65. The van der Waals surface area contributed by atoms with Crippen LogP contribution in [0.5, 0.6) is 0 Å². The van der Waals surface area contributed by atoms with E-state index < -0.39 is 78.6 Å². The van der Waals surface area contributed by atoms with E-state index in [-0.39, 0.29) is 121 Å². The molecule has 1 aromatic rings. The van der Waals surface area contributed by atoms with Crippen molar-refractivity contribution in [2.45, 2.75) is 510 Å². The maximum absolute atomic E-state index is 12.8. The van der Waals surface area contributed by atoms with Crippen LogP contribution in [0.15, 0.2) is 29.2 Å². The number of rotatable bonds is 34. The number of carbonyl (C=O) groups excluding carboxylic acids is 8. The molecule has 6 aliphatic rings. The molecule has 25 heteroatoms. The molecule has 1 N–H and O–H groups in total. The first-order valence-corrected chi connectivity index (χ1v) is 51.2. The van der Waals surface area contributed by atoms with Gasteiger partial charge in [-0.15, -0.1) is 0 Å². The van der Waals surface area contributed by atoms with Gasteiger partial charge in [-0.1, -0.05) is 151 Å². The molecule has 21 nitrogen and oxygen atoms in total. The summed E-state index contributed by atoms with van der Waals surface area (Å²) in [5.74, 6) is -0.639. The van der Waals surface area contributed by atoms with Gasteiger partial charge in [0.25, 0.3) is 10.1 Å². The summed E-state index contributed by atoms with van der Waals surface area (Å²) in [7, 11) is -0.329. The van der Waals surface area contributed by atoms with Gasteiger partial charge in [-0.2, -0.15) is 21.6 Å². The first-order valence-electron chi connectivity index (χ1n) is 49.8. The van der Waals surface area contributed by atoms with Crippen LogP contribution in [-0.4, -0.2) is 153 Å². The number of aliphatic hydroxyl groups is 1. The van der Waals surface area contributed by atoms with Crippen molar-refractivity contribution < 1.29 is 112 Å². The van der Waals surface area contributed by atoms with Crippen LogP contribution in [0.25, 0.3) is 0 Å². The molecule has 5 aliphatic carbocycles. The van der Waals surface area contributed by atoms with E-state index in [0.29, 0.717) is 70.7 Å². The zero-order chi connectivity index (χ0) is 103. The predicted octanol–water partition coefficient (Wildman–Crippen LogP) is 26.5. The summed E-state index contributed by atoms with van der Waals surface area (Å²) in [4.78, 5) is 95.5. The van der Waals surface area contributed by atoms with E-state index in [1.54, 1.807) is 61.0 Å². The van der Waals surface area contributed by atoms with Gasteiger partial charge in [-0.05, 0) is 311 Å². The standard InChI is InChI=1S/C21H34O3S.2C16H30O3.C15H25F3O3.C14H24O3.C13H24O3.C12H22O3/c1-8-20(4,5)16-9-11-17(12-10-16)25(22,23)24-18-15-19(2,3)13-14-21(18,6)7;2*1-7-14(2,3)13(17)19-16(10-8-9-11-16)15(4,5)12-18-6;1-5-12(3,4)11(19)21-13(6-2)7-9-14(20,10-8-13)15(16,17)18;1-5-13(3,4)12(16)17-14(6-2)9-7-11(15)8-10-14;1-5-12(3,4)11(14)16-13(6-2)7-9-15-10-8-13;1-7-11(3,4)10(14)15-12(5,6)8-9(2)13/h9-12,18H,8,13-15H2,1-7H3;2*7-12H2,1-6H3;20H,5-10H2,1-4H3;5-10H2,1-4H3;5-10H2,1-4H3;7-8H2,1-6H3. The number of hydrogen-bond acceptors (Lipinski definition) is 21. The highest BCUT2D eigenvalue weighted by atomic mass is 32.2. The SMILES string of the molecule is CCC(C)(C)C(=O)OC(C)(C)CC(C)=O.CCC(C)(C)C(=O)OC1(C(C)(C)COC)CCCC1.CCC(C)(C)C(=O)OC1(C(C)(C)COC)CCCC1.CCC(C)(C)c1ccc(S(=O)(=O)OC2CC(C)(C)CCC2(C)C)cc1.CCC1(OC(=O)C(C)(C)CC)CCC(=O)CC1.CCC1(OC(=O)C(C)(C)CC)CCC(O)(C(F)(F)F)CC1.CCC1(OC(=O)C(C)(C)CC)CCOCC1. The molecule has 5 saturated carbocycles. The van der Waals surface area contributed by atoms with Crippen LogP contribution >= 0.6 is 0 Å². The molecule has 1 aliphatic heterocycles. The Kier molecular flexibility index (Phi) is 47.5. The van der Waals surface area contributed by atoms with Crippen molar-refractivity contribution in [3.63, 3.8) is 0 Å². The molecule has 1 saturated heterocycles. The van der Waals surface area contributed by atoms with Crippen molar-refractivity contribution in [2.75, 3.05) is 40.6 Å². The quantitative estimate of drug-likeness (QED) is 0.0381. The van der Waals surface area contributed by atoms with Crippen molar-refractivity contribution >= 4 is 57.5 Å². The van der Waals surface area contributed by atoms with Crippen LogP contribution in [-0.2, 0) is 101 Å². The molecule has 1 heterocycles. The fraction of sp³-hybridized carbons (Fsp3) is 0.869. The number of halogens is 3. The van der Waals surface area contributed by atoms with Crippen molar-refractivity contribution in [2.24, 2.45) is 54.1 Å². The number of alkyl halides is 3. The Morgan fingerprint density at radius 3 is 1.05 bits per heavy atom. The van der Waals surface area contributed by atoms with E-state index in [0.717, 1.165) is 140 Å². The number of ketones is 2. The van der Waals surface area contributed by atoms with Gasteiger partial charge in [0.05, 0.1) is 69.9 Å². The fourth-order valence-electron chi connectivity index (χ4n) is 16.3. The number of ether oxygens (including phenoxy) is 9. The van der Waals surface area contributed by atoms with Crippen LogP contribution < -0.4 is 0 Å². The number of carbonyl (C=O) groups is 8. The molecule has 0 bridgehead atoms. The van der Waals surface area contributed by atoms with Crippen LogP contribution in [0, 0.1) is 54.1 Å². The van der Waals surface area contributed by atoms with Crippen molar-refractivity contribution in [3.8, 4) is 0 Å². The van der Waals surface area contributed by atoms with Crippen LogP contribution in [0.1, 0.15) is 453 Å². The van der Waals surface area contributed by atoms with E-state index >= 15 is 0 Å². The third kappa shape index (κ3) is 36.3. The number of esters is 6. The minimum absolute atomic E-state index is 0.0297. The van der Waals surface area contributed by atoms with Gasteiger partial charge >= 0.3 is 42.0 Å². The van der Waals surface area contributed by atoms with Gasteiger partial charge in [0.15, 0.2) is 5.60 Å². The number of benzene rings is 1. The van der Waals surface area contributed by atoms with Gasteiger partial charge in [0.1, 0.15) is 45.2 Å². The maximum Gasteiger partial charge on any atom is 0.417 e. The molecule has 132 heavy (non-hydrogen) atoms. The third-order valence-electron chi connectivity index (χ3n) is 31.1. The summed E-state index contributed by atoms with van der Waals surface area (Å²) in [6.45, 7) is 71.8. The van der Waals surface area contributed by atoms with Crippen LogP contribution in [0.2, 0.25) is 0 Å². The molecule has 0 radical (unpaired) electrons. The van der Waals surface area contributed by atoms with Gasteiger partial charge in [0, 0.05) is 57.2 Å². The highest BCUT2D eigenvalue weighted by molar-refractivity contribution is 7.86. The molecule has 0 aromatic heterocycles. The molecule has 770 valence electrons. The first kappa shape index (κ1) is 125. The zero-order valence-corrected chi connectivity index (χ0v) is 90.8. The highest BCUT2D eigenvalue weighted by Crippen LogP contribution is 2.53. The molecular formula is C107H189F3O21S. The Morgan fingerprint density at radius 1 is 0.432 bits per heavy atom. The lowest BCUT2D eigenvalue weighted by Crippen LogP contribution is -2.53. The molecule has 0 amide bonds. The van der Waals surface area contributed by atoms with Crippen LogP contribution in [0.3, 0.4) is 0 Å². The number of hydrogen-bond donors (Lipinski definition) is 1. The third-order valence-corrected chi connectivity index (χ3v) is 32.5. The van der Waals surface area contributed by atoms with E-state index in [9.17, 15) is 65.1 Å².